The van der Waals surface area contributed by atoms with Gasteiger partial charge in [-0.15, -0.1) is 0 Å². The second-order valence-electron chi connectivity index (χ2n) is 5.94. The molecule has 106 valence electrons. The Morgan fingerprint density at radius 2 is 2.26 bits per heavy atom. The number of aryl methyl sites for hydroxylation is 1. The van der Waals surface area contributed by atoms with Gasteiger partial charge in [-0.1, -0.05) is 13.8 Å². The minimum absolute atomic E-state index is 0.104. The van der Waals surface area contributed by atoms with Crippen molar-refractivity contribution in [2.24, 2.45) is 13.0 Å². The normalized spacial score (nSPS) is 19.5. The van der Waals surface area contributed by atoms with E-state index < -0.39 is 0 Å². The smallest absolute Gasteiger partial charge is 0.230 e. The number of nitrogens with zero attached hydrogens (tertiary/aromatic N) is 3. The Bertz CT molecular complexity index is 452. The monoisotopic (exact) mass is 264 g/mol. The first-order chi connectivity index (χ1) is 8.97. The van der Waals surface area contributed by atoms with Crippen molar-refractivity contribution in [2.45, 2.75) is 32.7 Å². The molecule has 0 unspecified atom stereocenters. The highest BCUT2D eigenvalue weighted by Crippen LogP contribution is 2.26. The average molecular weight is 264 g/mol. The Balaban J connectivity index is 2.05. The molecule has 1 aromatic rings. The van der Waals surface area contributed by atoms with Gasteiger partial charge in [-0.3, -0.25) is 9.48 Å². The minimum atomic E-state index is -0.137. The van der Waals surface area contributed by atoms with E-state index >= 15 is 0 Å². The molecule has 1 atom stereocenters. The summed E-state index contributed by atoms with van der Waals surface area (Å²) < 4.78 is 1.80. The Kier molecular flexibility index (Phi) is 4.24. The van der Waals surface area contributed by atoms with Crippen LogP contribution in [0.15, 0.2) is 6.20 Å². The quantitative estimate of drug-likeness (QED) is 0.886. The lowest BCUT2D eigenvalue weighted by molar-refractivity contribution is -0.123. The number of nitrogens with one attached hydrogen (secondary N) is 1. The maximum Gasteiger partial charge on any atom is 0.230 e. The maximum absolute atomic E-state index is 12.3. The molecule has 5 nitrogen and oxygen atoms in total. The summed E-state index contributed by atoms with van der Waals surface area (Å²) in [7, 11) is 3.95. The zero-order valence-corrected chi connectivity index (χ0v) is 12.3. The van der Waals surface area contributed by atoms with Crippen LogP contribution in [0.5, 0.6) is 0 Å². The van der Waals surface area contributed by atoms with E-state index in [1.807, 2.05) is 20.3 Å². The van der Waals surface area contributed by atoms with Crippen LogP contribution >= 0.6 is 0 Å². The molecule has 0 radical (unpaired) electrons. The lowest BCUT2D eigenvalue weighted by atomic mass is 9.96. The number of aromatic nitrogens is 2. The lowest BCUT2D eigenvalue weighted by Gasteiger charge is -2.28. The van der Waals surface area contributed by atoms with Crippen LogP contribution in [0.1, 0.15) is 37.4 Å². The first kappa shape index (κ1) is 14.1. The van der Waals surface area contributed by atoms with Crippen molar-refractivity contribution in [3.63, 3.8) is 0 Å². The molecule has 0 fully saturated rings. The van der Waals surface area contributed by atoms with Crippen molar-refractivity contribution in [3.05, 3.63) is 17.5 Å². The molecule has 1 aliphatic heterocycles. The van der Waals surface area contributed by atoms with Crippen molar-refractivity contribution in [2.75, 3.05) is 20.1 Å². The van der Waals surface area contributed by atoms with Gasteiger partial charge in [-0.2, -0.15) is 5.10 Å². The van der Waals surface area contributed by atoms with Crippen molar-refractivity contribution in [1.29, 1.82) is 0 Å². The van der Waals surface area contributed by atoms with E-state index in [9.17, 15) is 4.79 Å². The minimum Gasteiger partial charge on any atom is -0.355 e. The molecule has 1 aliphatic rings. The zero-order valence-electron chi connectivity index (χ0n) is 12.3. The van der Waals surface area contributed by atoms with E-state index in [4.69, 9.17) is 0 Å². The molecule has 0 saturated carbocycles. The molecule has 0 aliphatic carbocycles. The summed E-state index contributed by atoms with van der Waals surface area (Å²) in [6, 6.07) is 0. The lowest BCUT2D eigenvalue weighted by Crippen LogP contribution is -2.40. The van der Waals surface area contributed by atoms with Gasteiger partial charge in [-0.25, -0.2) is 0 Å². The summed E-state index contributed by atoms with van der Waals surface area (Å²) in [5.74, 6) is 0.578. The molecular weight excluding hydrogens is 240 g/mol. The van der Waals surface area contributed by atoms with Gasteiger partial charge in [0.05, 0.1) is 11.6 Å². The molecule has 0 saturated heterocycles. The summed E-state index contributed by atoms with van der Waals surface area (Å²) in [4.78, 5) is 14.5. The van der Waals surface area contributed by atoms with E-state index in [2.05, 4.69) is 29.2 Å². The Labute approximate surface area is 115 Å². The standard InChI is InChI=1S/C14H24N4O/c1-10(2)5-6-15-14(19)12-9-17(3)7-11-8-18(4)16-13(11)12/h8,10,12H,5-7,9H2,1-4H3,(H,15,19)/t12-/m1/s1. The number of carbonyl (C=O) groups is 1. The van der Waals surface area contributed by atoms with Crippen LogP contribution < -0.4 is 5.32 Å². The molecule has 2 heterocycles. The third-order valence-electron chi connectivity index (χ3n) is 3.54. The molecule has 1 amide bonds. The van der Waals surface area contributed by atoms with Crippen LogP contribution in [-0.2, 0) is 18.4 Å². The summed E-state index contributed by atoms with van der Waals surface area (Å²) in [6.07, 6.45) is 3.03. The number of rotatable bonds is 4. The third kappa shape index (κ3) is 3.35. The molecule has 0 spiro atoms. The van der Waals surface area contributed by atoms with Crippen molar-refractivity contribution in [1.82, 2.24) is 20.0 Å². The number of carbonyl (C=O) groups excluding carboxylic acids is 1. The van der Waals surface area contributed by atoms with Crippen molar-refractivity contribution in [3.8, 4) is 0 Å². The predicted octanol–water partition coefficient (Wildman–Crippen LogP) is 1.11. The average Bonchev–Trinajstić information content (AvgIpc) is 2.67. The van der Waals surface area contributed by atoms with E-state index in [-0.39, 0.29) is 11.8 Å². The van der Waals surface area contributed by atoms with Crippen LogP contribution in [0.3, 0.4) is 0 Å². The topological polar surface area (TPSA) is 50.2 Å². The number of fused-ring (bicyclic) bond motifs is 1. The van der Waals surface area contributed by atoms with Crippen LogP contribution in [0.25, 0.3) is 0 Å². The predicted molar refractivity (Wildman–Crippen MR) is 74.7 cm³/mol. The van der Waals surface area contributed by atoms with E-state index in [0.717, 1.165) is 31.7 Å². The van der Waals surface area contributed by atoms with E-state index in [0.29, 0.717) is 5.92 Å². The van der Waals surface area contributed by atoms with Gasteiger partial charge >= 0.3 is 0 Å². The van der Waals surface area contributed by atoms with E-state index in [1.165, 1.54) is 5.56 Å². The molecule has 5 heteroatoms. The van der Waals surface area contributed by atoms with Gasteiger partial charge in [-0.05, 0) is 19.4 Å². The van der Waals surface area contributed by atoms with Gasteiger partial charge in [0.25, 0.3) is 0 Å². The van der Waals surface area contributed by atoms with Gasteiger partial charge in [0.2, 0.25) is 5.91 Å². The SMILES string of the molecule is CC(C)CCNC(=O)[C@@H]1CN(C)Cc2cn(C)nc21. The second-order valence-corrected chi connectivity index (χ2v) is 5.94. The summed E-state index contributed by atoms with van der Waals surface area (Å²) in [6.45, 7) is 6.70. The van der Waals surface area contributed by atoms with Crippen molar-refractivity contribution >= 4 is 5.91 Å². The van der Waals surface area contributed by atoms with E-state index in [1.54, 1.807) is 4.68 Å². The second kappa shape index (κ2) is 5.74. The summed E-state index contributed by atoms with van der Waals surface area (Å²) in [5, 5.41) is 7.50. The number of hydrogen-bond acceptors (Lipinski definition) is 3. The van der Waals surface area contributed by atoms with Crippen LogP contribution in [-0.4, -0.2) is 40.7 Å². The maximum atomic E-state index is 12.3. The number of likely N-dealkylation sites (N-methyl/N-ethyl adjacent to an activating group) is 1. The van der Waals surface area contributed by atoms with Crippen LogP contribution in [0.4, 0.5) is 0 Å². The molecule has 0 bridgehead atoms. The molecule has 1 N–H and O–H groups in total. The first-order valence-electron chi connectivity index (χ1n) is 6.96. The molecule has 19 heavy (non-hydrogen) atoms. The van der Waals surface area contributed by atoms with Gasteiger partial charge < -0.3 is 10.2 Å². The molecular formula is C14H24N4O. The Morgan fingerprint density at radius 3 is 2.95 bits per heavy atom. The van der Waals surface area contributed by atoms with Crippen LogP contribution in [0.2, 0.25) is 0 Å². The third-order valence-corrected chi connectivity index (χ3v) is 3.54. The molecule has 2 rings (SSSR count). The molecule has 1 aromatic heterocycles. The Hall–Kier alpha value is -1.36. The zero-order chi connectivity index (χ0) is 14.0. The van der Waals surface area contributed by atoms with Gasteiger partial charge in [0.15, 0.2) is 0 Å². The fourth-order valence-corrected chi connectivity index (χ4v) is 2.54. The summed E-state index contributed by atoms with van der Waals surface area (Å²) >= 11 is 0. The fourth-order valence-electron chi connectivity index (χ4n) is 2.54. The first-order valence-corrected chi connectivity index (χ1v) is 6.96. The highest BCUT2D eigenvalue weighted by molar-refractivity contribution is 5.84. The highest BCUT2D eigenvalue weighted by Gasteiger charge is 2.31. The van der Waals surface area contributed by atoms with Gasteiger partial charge in [0, 0.05) is 38.4 Å². The largest absolute Gasteiger partial charge is 0.355 e. The number of amides is 1. The molecule has 0 aromatic carbocycles. The number of hydrogen-bond donors (Lipinski definition) is 1. The van der Waals surface area contributed by atoms with Crippen molar-refractivity contribution < 1.29 is 4.79 Å². The van der Waals surface area contributed by atoms with Crippen LogP contribution in [0, 0.1) is 5.92 Å². The summed E-state index contributed by atoms with van der Waals surface area (Å²) in [5.41, 5.74) is 2.11. The Morgan fingerprint density at radius 1 is 1.53 bits per heavy atom. The van der Waals surface area contributed by atoms with Gasteiger partial charge in [0.1, 0.15) is 0 Å². The fraction of sp³-hybridized carbons (Fsp3) is 0.714. The highest BCUT2D eigenvalue weighted by atomic mass is 16.1.